The predicted molar refractivity (Wildman–Crippen MR) is 65.9 cm³/mol. The second-order valence-corrected chi connectivity index (χ2v) is 5.22. The molecule has 1 aromatic heterocycles. The molecule has 7 heteroatoms. The Morgan fingerprint density at radius 2 is 2.06 bits per heavy atom. The zero-order valence-electron chi connectivity index (χ0n) is 9.17. The van der Waals surface area contributed by atoms with Gasteiger partial charge in [-0.2, -0.15) is 0 Å². The smallest absolute Gasteiger partial charge is 0.262 e. The Labute approximate surface area is 104 Å². The number of nitrogens with zero attached hydrogens (tertiary/aromatic N) is 1. The number of nitrogen functional groups attached to an aromatic ring is 1. The maximum absolute atomic E-state index is 13.3. The van der Waals surface area contributed by atoms with Crippen LogP contribution >= 0.6 is 0 Å². The summed E-state index contributed by atoms with van der Waals surface area (Å²) in [6.45, 7) is 0. The fourth-order valence-corrected chi connectivity index (χ4v) is 2.47. The van der Waals surface area contributed by atoms with Crippen molar-refractivity contribution in [3.05, 3.63) is 48.5 Å². The molecule has 0 fully saturated rings. The third-order valence-corrected chi connectivity index (χ3v) is 3.55. The van der Waals surface area contributed by atoms with E-state index in [4.69, 9.17) is 5.73 Å². The van der Waals surface area contributed by atoms with Crippen molar-refractivity contribution in [1.82, 2.24) is 4.98 Å². The van der Waals surface area contributed by atoms with Gasteiger partial charge in [0.15, 0.2) is 5.82 Å². The lowest BCUT2D eigenvalue weighted by molar-refractivity contribution is 0.598. The molecule has 0 bridgehead atoms. The molecule has 0 atom stereocenters. The number of pyridine rings is 1. The molecule has 2 rings (SSSR count). The van der Waals surface area contributed by atoms with Crippen LogP contribution in [0.2, 0.25) is 0 Å². The monoisotopic (exact) mass is 267 g/mol. The first kappa shape index (κ1) is 12.3. The maximum Gasteiger partial charge on any atom is 0.262 e. The minimum Gasteiger partial charge on any atom is -0.399 e. The van der Waals surface area contributed by atoms with Crippen LogP contribution in [0.25, 0.3) is 0 Å². The highest BCUT2D eigenvalue weighted by Crippen LogP contribution is 2.19. The van der Waals surface area contributed by atoms with Gasteiger partial charge in [-0.3, -0.25) is 9.71 Å². The Morgan fingerprint density at radius 1 is 1.28 bits per heavy atom. The Hall–Kier alpha value is -2.15. The normalized spacial score (nSPS) is 11.2. The molecule has 0 aliphatic carbocycles. The van der Waals surface area contributed by atoms with Crippen LogP contribution < -0.4 is 10.5 Å². The van der Waals surface area contributed by atoms with E-state index in [1.54, 1.807) is 6.07 Å². The van der Waals surface area contributed by atoms with Crippen LogP contribution in [0, 0.1) is 5.82 Å². The standard InChI is InChI=1S/C11H10FN3O2S/c12-10-7-14-5-4-11(10)15-18(16,17)9-3-1-2-8(13)6-9/h1-7H,13H2,(H,14,15). The van der Waals surface area contributed by atoms with E-state index < -0.39 is 15.8 Å². The van der Waals surface area contributed by atoms with Gasteiger partial charge in [-0.25, -0.2) is 12.8 Å². The van der Waals surface area contributed by atoms with Crippen LogP contribution in [0.15, 0.2) is 47.6 Å². The number of nitrogens with two attached hydrogens (primary N) is 1. The second kappa shape index (κ2) is 4.61. The molecule has 0 amide bonds. The van der Waals surface area contributed by atoms with Crippen LogP contribution in [0.4, 0.5) is 15.8 Å². The highest BCUT2D eigenvalue weighted by molar-refractivity contribution is 7.92. The molecule has 0 saturated heterocycles. The minimum absolute atomic E-state index is 0.0290. The van der Waals surface area contributed by atoms with E-state index in [1.807, 2.05) is 0 Å². The first-order valence-corrected chi connectivity index (χ1v) is 6.45. The maximum atomic E-state index is 13.3. The number of halogens is 1. The van der Waals surface area contributed by atoms with E-state index in [9.17, 15) is 12.8 Å². The van der Waals surface area contributed by atoms with Gasteiger partial charge in [0.25, 0.3) is 10.0 Å². The van der Waals surface area contributed by atoms with Gasteiger partial charge in [-0.1, -0.05) is 6.07 Å². The van der Waals surface area contributed by atoms with Crippen molar-refractivity contribution in [2.24, 2.45) is 0 Å². The summed E-state index contributed by atoms with van der Waals surface area (Å²) in [5.74, 6) is -0.745. The van der Waals surface area contributed by atoms with Gasteiger partial charge in [0, 0.05) is 11.9 Å². The molecule has 2 aromatic rings. The molecular formula is C11H10FN3O2S. The molecule has 0 aliphatic rings. The molecule has 0 aliphatic heterocycles. The Morgan fingerprint density at radius 3 is 2.72 bits per heavy atom. The van der Waals surface area contributed by atoms with E-state index >= 15 is 0 Å². The zero-order chi connectivity index (χ0) is 13.2. The van der Waals surface area contributed by atoms with Crippen molar-refractivity contribution in [3.8, 4) is 0 Å². The first-order chi connectivity index (χ1) is 8.49. The molecule has 5 nitrogen and oxygen atoms in total. The van der Waals surface area contributed by atoms with Crippen molar-refractivity contribution in [2.45, 2.75) is 4.90 Å². The highest BCUT2D eigenvalue weighted by Gasteiger charge is 2.16. The SMILES string of the molecule is Nc1cccc(S(=O)(=O)Nc2ccncc2F)c1. The van der Waals surface area contributed by atoms with Crippen molar-refractivity contribution in [2.75, 3.05) is 10.5 Å². The van der Waals surface area contributed by atoms with E-state index in [-0.39, 0.29) is 10.6 Å². The summed E-state index contributed by atoms with van der Waals surface area (Å²) in [7, 11) is -3.86. The summed E-state index contributed by atoms with van der Waals surface area (Å²) in [6.07, 6.45) is 2.22. The average molecular weight is 267 g/mol. The van der Waals surface area contributed by atoms with Crippen molar-refractivity contribution >= 4 is 21.4 Å². The summed E-state index contributed by atoms with van der Waals surface area (Å²) in [6, 6.07) is 6.97. The van der Waals surface area contributed by atoms with Crippen LogP contribution in [-0.4, -0.2) is 13.4 Å². The van der Waals surface area contributed by atoms with E-state index in [0.717, 1.165) is 6.20 Å². The van der Waals surface area contributed by atoms with Crippen molar-refractivity contribution < 1.29 is 12.8 Å². The summed E-state index contributed by atoms with van der Waals surface area (Å²) >= 11 is 0. The van der Waals surface area contributed by atoms with E-state index in [0.29, 0.717) is 5.69 Å². The number of rotatable bonds is 3. The van der Waals surface area contributed by atoms with Crippen LogP contribution in [0.1, 0.15) is 0 Å². The Balaban J connectivity index is 2.37. The van der Waals surface area contributed by atoms with Gasteiger partial charge >= 0.3 is 0 Å². The number of nitrogens with one attached hydrogen (secondary N) is 1. The number of hydrogen-bond acceptors (Lipinski definition) is 4. The lowest BCUT2D eigenvalue weighted by Crippen LogP contribution is -2.14. The fraction of sp³-hybridized carbons (Fsp3) is 0. The third-order valence-electron chi connectivity index (χ3n) is 2.19. The summed E-state index contributed by atoms with van der Waals surface area (Å²) in [5.41, 5.74) is 5.66. The number of benzene rings is 1. The highest BCUT2D eigenvalue weighted by atomic mass is 32.2. The molecule has 3 N–H and O–H groups in total. The molecule has 0 spiro atoms. The van der Waals surface area contributed by atoms with Gasteiger partial charge in [-0.15, -0.1) is 0 Å². The molecule has 0 radical (unpaired) electrons. The average Bonchev–Trinajstić information content (AvgIpc) is 2.32. The van der Waals surface area contributed by atoms with E-state index in [1.165, 1.54) is 30.5 Å². The van der Waals surface area contributed by atoms with E-state index in [2.05, 4.69) is 9.71 Å². The van der Waals surface area contributed by atoms with Gasteiger partial charge in [-0.05, 0) is 24.3 Å². The Bertz CT molecular complexity index is 673. The number of sulfonamides is 1. The predicted octanol–water partition coefficient (Wildman–Crippen LogP) is 1.60. The fourth-order valence-electron chi connectivity index (χ4n) is 1.34. The lowest BCUT2D eigenvalue weighted by Gasteiger charge is -2.08. The Kier molecular flexibility index (Phi) is 3.15. The molecule has 0 saturated carbocycles. The van der Waals surface area contributed by atoms with Crippen molar-refractivity contribution in [3.63, 3.8) is 0 Å². The molecule has 94 valence electrons. The minimum atomic E-state index is -3.86. The number of aromatic nitrogens is 1. The van der Waals surface area contributed by atoms with Gasteiger partial charge < -0.3 is 5.73 Å². The molecular weight excluding hydrogens is 257 g/mol. The number of anilines is 2. The largest absolute Gasteiger partial charge is 0.399 e. The van der Waals surface area contributed by atoms with Crippen LogP contribution in [0.3, 0.4) is 0 Å². The van der Waals surface area contributed by atoms with Gasteiger partial charge in [0.1, 0.15) is 0 Å². The topological polar surface area (TPSA) is 85.1 Å². The zero-order valence-corrected chi connectivity index (χ0v) is 9.99. The second-order valence-electron chi connectivity index (χ2n) is 3.53. The molecule has 1 heterocycles. The van der Waals surface area contributed by atoms with Gasteiger partial charge in [0.05, 0.1) is 16.8 Å². The quantitative estimate of drug-likeness (QED) is 0.827. The van der Waals surface area contributed by atoms with Gasteiger partial charge in [0.2, 0.25) is 0 Å². The third kappa shape index (κ3) is 2.57. The van der Waals surface area contributed by atoms with Crippen molar-refractivity contribution in [1.29, 1.82) is 0 Å². The van der Waals surface area contributed by atoms with Crippen LogP contribution in [-0.2, 0) is 10.0 Å². The molecule has 1 aromatic carbocycles. The first-order valence-electron chi connectivity index (χ1n) is 4.97. The van der Waals surface area contributed by atoms with Crippen LogP contribution in [0.5, 0.6) is 0 Å². The summed E-state index contributed by atoms with van der Waals surface area (Å²) < 4.78 is 39.3. The molecule has 0 unspecified atom stereocenters. The summed E-state index contributed by atoms with van der Waals surface area (Å²) in [5, 5.41) is 0. The summed E-state index contributed by atoms with van der Waals surface area (Å²) in [4.78, 5) is 3.50. The molecule has 18 heavy (non-hydrogen) atoms. The lowest BCUT2D eigenvalue weighted by atomic mass is 10.3. The number of hydrogen-bond donors (Lipinski definition) is 2.